The van der Waals surface area contributed by atoms with Gasteiger partial charge in [0.2, 0.25) is 0 Å². The maximum absolute atomic E-state index is 11.4. The Balaban J connectivity index is 1.86. The molecule has 2 rings (SSSR count). The van der Waals surface area contributed by atoms with Gasteiger partial charge in [0, 0.05) is 12.2 Å². The van der Waals surface area contributed by atoms with Gasteiger partial charge in [-0.05, 0) is 42.3 Å². The van der Waals surface area contributed by atoms with Crippen LogP contribution in [0.1, 0.15) is 18.1 Å². The summed E-state index contributed by atoms with van der Waals surface area (Å²) in [7, 11) is 1.66. The van der Waals surface area contributed by atoms with Crippen molar-refractivity contribution in [2.24, 2.45) is 0 Å². The van der Waals surface area contributed by atoms with E-state index >= 15 is 0 Å². The average molecular weight is 299 g/mol. The molecule has 0 saturated carbocycles. The molecule has 2 aromatic carbocycles. The van der Waals surface area contributed by atoms with Gasteiger partial charge in [-0.25, -0.2) is 0 Å². The van der Waals surface area contributed by atoms with Crippen LogP contribution in [0, 0.1) is 0 Å². The van der Waals surface area contributed by atoms with Gasteiger partial charge in [-0.3, -0.25) is 4.79 Å². The van der Waals surface area contributed by atoms with Crippen molar-refractivity contribution >= 4 is 11.7 Å². The van der Waals surface area contributed by atoms with Gasteiger partial charge in [-0.15, -0.1) is 0 Å². The quantitative estimate of drug-likeness (QED) is 0.796. The summed E-state index contributed by atoms with van der Waals surface area (Å²) in [5.41, 5.74) is 3.15. The minimum atomic E-state index is -0.193. The maximum Gasteiger partial charge on any atom is 0.310 e. The molecule has 4 nitrogen and oxygen atoms in total. The first kappa shape index (κ1) is 15.9. The molecule has 0 aromatic heterocycles. The zero-order chi connectivity index (χ0) is 15.8. The fourth-order valence-corrected chi connectivity index (χ4v) is 2.07. The lowest BCUT2D eigenvalue weighted by atomic mass is 10.1. The van der Waals surface area contributed by atoms with Crippen molar-refractivity contribution in [3.8, 4) is 5.75 Å². The van der Waals surface area contributed by atoms with Gasteiger partial charge in [-0.1, -0.05) is 24.3 Å². The summed E-state index contributed by atoms with van der Waals surface area (Å²) in [6.07, 6.45) is 0.312. The van der Waals surface area contributed by atoms with E-state index in [9.17, 15) is 4.79 Å². The van der Waals surface area contributed by atoms with Crippen LogP contribution in [0.5, 0.6) is 5.75 Å². The van der Waals surface area contributed by atoms with Crippen molar-refractivity contribution in [1.82, 2.24) is 0 Å². The van der Waals surface area contributed by atoms with Crippen LogP contribution in [0.25, 0.3) is 0 Å². The number of methoxy groups -OCH3 is 1. The van der Waals surface area contributed by atoms with Gasteiger partial charge in [0.25, 0.3) is 0 Å². The Kier molecular flexibility index (Phi) is 5.83. The minimum absolute atomic E-state index is 0.193. The lowest BCUT2D eigenvalue weighted by molar-refractivity contribution is -0.142. The lowest BCUT2D eigenvalue weighted by Gasteiger charge is -2.08. The first-order chi connectivity index (χ1) is 10.7. The van der Waals surface area contributed by atoms with Gasteiger partial charge in [0.1, 0.15) is 5.75 Å². The van der Waals surface area contributed by atoms with E-state index in [-0.39, 0.29) is 5.97 Å². The first-order valence-corrected chi connectivity index (χ1v) is 7.32. The highest BCUT2D eigenvalue weighted by molar-refractivity contribution is 5.72. The molecule has 0 spiro atoms. The number of nitrogens with one attached hydrogen (secondary N) is 1. The normalized spacial score (nSPS) is 10.1. The molecule has 0 atom stereocenters. The molecule has 0 aliphatic heterocycles. The van der Waals surface area contributed by atoms with E-state index in [0.29, 0.717) is 13.0 Å². The molecule has 0 fully saturated rings. The summed E-state index contributed by atoms with van der Waals surface area (Å²) in [5.74, 6) is 0.661. The Morgan fingerprint density at radius 1 is 1.00 bits per heavy atom. The van der Waals surface area contributed by atoms with Gasteiger partial charge < -0.3 is 14.8 Å². The summed E-state index contributed by atoms with van der Waals surface area (Å²) in [4.78, 5) is 11.4. The summed E-state index contributed by atoms with van der Waals surface area (Å²) in [5, 5.41) is 3.35. The van der Waals surface area contributed by atoms with E-state index < -0.39 is 0 Å². The zero-order valence-electron chi connectivity index (χ0n) is 13.0. The molecule has 0 radical (unpaired) electrons. The summed E-state index contributed by atoms with van der Waals surface area (Å²) < 4.78 is 10.1. The van der Waals surface area contributed by atoms with Crippen molar-refractivity contribution in [2.45, 2.75) is 19.9 Å². The van der Waals surface area contributed by atoms with Gasteiger partial charge in [0.15, 0.2) is 0 Å². The van der Waals surface area contributed by atoms with E-state index in [0.717, 1.165) is 23.5 Å². The average Bonchev–Trinajstić information content (AvgIpc) is 2.55. The minimum Gasteiger partial charge on any atom is -0.497 e. The molecule has 0 bridgehead atoms. The van der Waals surface area contributed by atoms with Crippen molar-refractivity contribution < 1.29 is 14.3 Å². The van der Waals surface area contributed by atoms with Crippen molar-refractivity contribution in [1.29, 1.82) is 0 Å². The molecule has 4 heteroatoms. The lowest BCUT2D eigenvalue weighted by Crippen LogP contribution is -2.07. The molecule has 0 saturated heterocycles. The SMILES string of the molecule is CCOC(=O)Cc1ccc(NCc2ccc(OC)cc2)cc1. The Morgan fingerprint density at radius 3 is 2.23 bits per heavy atom. The predicted octanol–water partition coefficient (Wildman–Crippen LogP) is 3.41. The number of anilines is 1. The van der Waals surface area contributed by atoms with Crippen LogP contribution in [-0.2, 0) is 22.5 Å². The Labute approximate surface area is 131 Å². The Morgan fingerprint density at radius 2 is 1.64 bits per heavy atom. The number of ether oxygens (including phenoxy) is 2. The number of esters is 1. The summed E-state index contributed by atoms with van der Waals surface area (Å²) >= 11 is 0. The fourth-order valence-electron chi connectivity index (χ4n) is 2.07. The number of hydrogen-bond donors (Lipinski definition) is 1. The molecule has 116 valence electrons. The smallest absolute Gasteiger partial charge is 0.310 e. The first-order valence-electron chi connectivity index (χ1n) is 7.32. The molecule has 0 heterocycles. The van der Waals surface area contributed by atoms with Crippen molar-refractivity contribution in [3.63, 3.8) is 0 Å². The van der Waals surface area contributed by atoms with Crippen LogP contribution in [0.15, 0.2) is 48.5 Å². The van der Waals surface area contributed by atoms with Crippen molar-refractivity contribution in [2.75, 3.05) is 19.0 Å². The van der Waals surface area contributed by atoms with Gasteiger partial charge >= 0.3 is 5.97 Å². The molecule has 0 unspecified atom stereocenters. The van der Waals surface area contributed by atoms with E-state index in [4.69, 9.17) is 9.47 Å². The molecule has 0 aliphatic rings. The predicted molar refractivity (Wildman–Crippen MR) is 87.1 cm³/mol. The topological polar surface area (TPSA) is 47.6 Å². The van der Waals surface area contributed by atoms with Gasteiger partial charge in [-0.2, -0.15) is 0 Å². The van der Waals surface area contributed by atoms with Crippen LogP contribution in [0.3, 0.4) is 0 Å². The van der Waals surface area contributed by atoms with Crippen LogP contribution >= 0.6 is 0 Å². The second-order valence-electron chi connectivity index (χ2n) is 4.88. The highest BCUT2D eigenvalue weighted by Crippen LogP contribution is 2.14. The van der Waals surface area contributed by atoms with E-state index in [2.05, 4.69) is 5.32 Å². The molecular weight excluding hydrogens is 278 g/mol. The number of carbonyl (C=O) groups is 1. The zero-order valence-corrected chi connectivity index (χ0v) is 13.0. The molecule has 22 heavy (non-hydrogen) atoms. The molecule has 0 amide bonds. The van der Waals surface area contributed by atoms with Crippen LogP contribution in [0.2, 0.25) is 0 Å². The number of hydrogen-bond acceptors (Lipinski definition) is 4. The second kappa shape index (κ2) is 8.08. The molecule has 2 aromatic rings. The number of carbonyl (C=O) groups excluding carboxylic acids is 1. The van der Waals surface area contributed by atoms with Crippen LogP contribution < -0.4 is 10.1 Å². The summed E-state index contributed by atoms with van der Waals surface area (Å²) in [6, 6.07) is 15.8. The third-order valence-electron chi connectivity index (χ3n) is 3.26. The Hall–Kier alpha value is -2.49. The highest BCUT2D eigenvalue weighted by Gasteiger charge is 2.03. The Bertz CT molecular complexity index is 591. The fraction of sp³-hybridized carbons (Fsp3) is 0.278. The molecular formula is C18H21NO3. The standard InChI is InChI=1S/C18H21NO3/c1-3-22-18(20)12-14-4-8-16(9-5-14)19-13-15-6-10-17(21-2)11-7-15/h4-11,19H,3,12-13H2,1-2H3. The summed E-state index contributed by atoms with van der Waals surface area (Å²) in [6.45, 7) is 2.96. The van der Waals surface area contributed by atoms with E-state index in [1.165, 1.54) is 5.56 Å². The maximum atomic E-state index is 11.4. The third kappa shape index (κ3) is 4.81. The van der Waals surface area contributed by atoms with E-state index in [1.54, 1.807) is 7.11 Å². The largest absolute Gasteiger partial charge is 0.497 e. The number of rotatable bonds is 7. The van der Waals surface area contributed by atoms with E-state index in [1.807, 2.05) is 55.5 Å². The molecule has 0 aliphatic carbocycles. The third-order valence-corrected chi connectivity index (χ3v) is 3.26. The van der Waals surface area contributed by atoms with Crippen LogP contribution in [0.4, 0.5) is 5.69 Å². The monoisotopic (exact) mass is 299 g/mol. The second-order valence-corrected chi connectivity index (χ2v) is 4.88. The highest BCUT2D eigenvalue weighted by atomic mass is 16.5. The molecule has 1 N–H and O–H groups in total. The number of benzene rings is 2. The van der Waals surface area contributed by atoms with Gasteiger partial charge in [0.05, 0.1) is 20.1 Å². The van der Waals surface area contributed by atoms with Crippen LogP contribution in [-0.4, -0.2) is 19.7 Å². The van der Waals surface area contributed by atoms with Crippen molar-refractivity contribution in [3.05, 3.63) is 59.7 Å².